The predicted molar refractivity (Wildman–Crippen MR) is 132 cm³/mol. The van der Waals surface area contributed by atoms with Crippen LogP contribution < -0.4 is 5.11 Å². The monoisotopic (exact) mass is 469 g/mol. The second-order valence-electron chi connectivity index (χ2n) is 10.4. The molecule has 0 aliphatic rings. The Morgan fingerprint density at radius 3 is 1.88 bits per heavy atom. The predicted octanol–water partition coefficient (Wildman–Crippen LogP) is 4.53. The standard InChI is InChI=1S/C27H51NO5/c1-5-6-7-8-9-10-11-12-13-14-15-16-17-18-19-20-24(29)21-27(32)33-25(22-26(30)31)23-28(2,3)4/h12-13,24-25,29H,5-11,14-23H2,1-4H3/b13-12+. The van der Waals surface area contributed by atoms with Crippen LogP contribution in [-0.4, -0.2) is 61.4 Å². The third-order valence-corrected chi connectivity index (χ3v) is 5.65. The van der Waals surface area contributed by atoms with Gasteiger partial charge in [0.05, 0.1) is 33.7 Å². The van der Waals surface area contributed by atoms with Crippen LogP contribution in [0.5, 0.6) is 0 Å². The number of carbonyl (C=O) groups excluding carboxylic acids is 2. The van der Waals surface area contributed by atoms with E-state index in [0.29, 0.717) is 17.4 Å². The Hall–Kier alpha value is -1.40. The van der Waals surface area contributed by atoms with Crippen molar-refractivity contribution < 1.29 is 29.0 Å². The Morgan fingerprint density at radius 1 is 0.848 bits per heavy atom. The lowest BCUT2D eigenvalue weighted by Gasteiger charge is -2.29. The van der Waals surface area contributed by atoms with Gasteiger partial charge in [0.15, 0.2) is 6.10 Å². The Kier molecular flexibility index (Phi) is 19.2. The molecule has 0 bridgehead atoms. The van der Waals surface area contributed by atoms with Crippen molar-refractivity contribution >= 4 is 11.9 Å². The van der Waals surface area contributed by atoms with E-state index in [-0.39, 0.29) is 12.8 Å². The number of aliphatic hydroxyl groups is 1. The lowest BCUT2D eigenvalue weighted by atomic mass is 10.0. The van der Waals surface area contributed by atoms with Crippen LogP contribution in [0.15, 0.2) is 12.2 Å². The number of hydrogen-bond donors (Lipinski definition) is 1. The summed E-state index contributed by atoms with van der Waals surface area (Å²) in [7, 11) is 5.70. The van der Waals surface area contributed by atoms with Crippen LogP contribution >= 0.6 is 0 Å². The SMILES string of the molecule is CCCCCCCC/C=C/CCCCCCCC(O)CC(=O)OC(CC(=O)[O-])C[N+](C)(C)C. The van der Waals surface area contributed by atoms with Gasteiger partial charge in [-0.05, 0) is 32.1 Å². The molecule has 0 aromatic rings. The zero-order valence-corrected chi connectivity index (χ0v) is 21.9. The molecular formula is C27H51NO5. The van der Waals surface area contributed by atoms with E-state index in [1.165, 1.54) is 57.8 Å². The summed E-state index contributed by atoms with van der Waals surface area (Å²) in [5.41, 5.74) is 0. The van der Waals surface area contributed by atoms with Crippen molar-refractivity contribution in [2.45, 2.75) is 122 Å². The van der Waals surface area contributed by atoms with Gasteiger partial charge in [-0.25, -0.2) is 0 Å². The Morgan fingerprint density at radius 2 is 1.36 bits per heavy atom. The first-order valence-electron chi connectivity index (χ1n) is 13.2. The van der Waals surface area contributed by atoms with Gasteiger partial charge in [-0.2, -0.15) is 0 Å². The van der Waals surface area contributed by atoms with Crippen LogP contribution in [-0.2, 0) is 14.3 Å². The molecule has 0 saturated carbocycles. The molecule has 0 aromatic heterocycles. The zero-order chi connectivity index (χ0) is 25.0. The summed E-state index contributed by atoms with van der Waals surface area (Å²) in [4.78, 5) is 23.0. The normalized spacial score (nSPS) is 13.8. The number of hydrogen-bond acceptors (Lipinski definition) is 5. The van der Waals surface area contributed by atoms with Crippen molar-refractivity contribution in [3.05, 3.63) is 12.2 Å². The number of carboxylic acid groups (broad SMARTS) is 1. The van der Waals surface area contributed by atoms with Crippen molar-refractivity contribution in [1.29, 1.82) is 0 Å². The number of quaternary nitrogens is 1. The quantitative estimate of drug-likeness (QED) is 0.109. The van der Waals surface area contributed by atoms with Crippen LogP contribution in [0.3, 0.4) is 0 Å². The first-order valence-corrected chi connectivity index (χ1v) is 13.2. The van der Waals surface area contributed by atoms with Gasteiger partial charge in [-0.3, -0.25) is 4.79 Å². The molecule has 0 aromatic carbocycles. The summed E-state index contributed by atoms with van der Waals surface area (Å²) in [5.74, 6) is -1.79. The van der Waals surface area contributed by atoms with Crippen LogP contribution in [0.2, 0.25) is 0 Å². The molecule has 0 saturated heterocycles. The lowest BCUT2D eigenvalue weighted by molar-refractivity contribution is -0.873. The fraction of sp³-hybridized carbons (Fsp3) is 0.852. The minimum Gasteiger partial charge on any atom is -0.550 e. The summed E-state index contributed by atoms with van der Waals surface area (Å²) in [5, 5.41) is 21.0. The molecular weight excluding hydrogens is 418 g/mol. The van der Waals surface area contributed by atoms with Crippen molar-refractivity contribution in [2.24, 2.45) is 0 Å². The third-order valence-electron chi connectivity index (χ3n) is 5.65. The van der Waals surface area contributed by atoms with E-state index < -0.39 is 24.1 Å². The maximum atomic E-state index is 12.1. The summed E-state index contributed by atoms with van der Waals surface area (Å²) in [6.07, 6.45) is 19.2. The van der Waals surface area contributed by atoms with E-state index in [9.17, 15) is 19.8 Å². The lowest BCUT2D eigenvalue weighted by Crippen LogP contribution is -2.45. The highest BCUT2D eigenvalue weighted by atomic mass is 16.5. The number of aliphatic carboxylic acids is 1. The molecule has 0 radical (unpaired) electrons. The van der Waals surface area contributed by atoms with E-state index in [1.54, 1.807) is 0 Å². The van der Waals surface area contributed by atoms with Gasteiger partial charge in [0.2, 0.25) is 0 Å². The molecule has 0 spiro atoms. The van der Waals surface area contributed by atoms with Gasteiger partial charge >= 0.3 is 5.97 Å². The van der Waals surface area contributed by atoms with E-state index in [4.69, 9.17) is 4.74 Å². The maximum Gasteiger partial charge on any atom is 0.308 e. The molecule has 2 unspecified atom stereocenters. The second-order valence-corrected chi connectivity index (χ2v) is 10.4. The molecule has 0 heterocycles. The summed E-state index contributed by atoms with van der Waals surface area (Å²) in [6, 6.07) is 0. The molecule has 1 N–H and O–H groups in total. The molecule has 194 valence electrons. The van der Waals surface area contributed by atoms with Gasteiger partial charge in [-0.15, -0.1) is 0 Å². The number of allylic oxidation sites excluding steroid dienone is 2. The number of esters is 1. The molecule has 0 fully saturated rings. The average molecular weight is 470 g/mol. The number of aliphatic hydroxyl groups excluding tert-OH is 1. The fourth-order valence-corrected chi connectivity index (χ4v) is 3.92. The number of carboxylic acids is 1. The summed E-state index contributed by atoms with van der Waals surface area (Å²) < 4.78 is 5.77. The van der Waals surface area contributed by atoms with E-state index in [1.807, 2.05) is 21.1 Å². The molecule has 0 aliphatic carbocycles. The molecule has 0 aliphatic heterocycles. The largest absolute Gasteiger partial charge is 0.550 e. The highest BCUT2D eigenvalue weighted by molar-refractivity contribution is 5.71. The number of likely N-dealkylation sites (N-methyl/N-ethyl adjacent to an activating group) is 1. The van der Waals surface area contributed by atoms with Crippen LogP contribution in [0.4, 0.5) is 0 Å². The number of rotatable bonds is 22. The summed E-state index contributed by atoms with van der Waals surface area (Å²) >= 11 is 0. The molecule has 2 atom stereocenters. The van der Waals surface area contributed by atoms with Gasteiger partial charge < -0.3 is 24.2 Å². The van der Waals surface area contributed by atoms with Crippen molar-refractivity contribution in [3.8, 4) is 0 Å². The number of unbranched alkanes of at least 4 members (excludes halogenated alkanes) is 11. The highest BCUT2D eigenvalue weighted by Gasteiger charge is 2.23. The van der Waals surface area contributed by atoms with Crippen molar-refractivity contribution in [1.82, 2.24) is 0 Å². The van der Waals surface area contributed by atoms with Crippen molar-refractivity contribution in [2.75, 3.05) is 27.7 Å². The number of ether oxygens (including phenoxy) is 1. The zero-order valence-electron chi connectivity index (χ0n) is 21.9. The van der Waals surface area contributed by atoms with E-state index >= 15 is 0 Å². The molecule has 6 nitrogen and oxygen atoms in total. The van der Waals surface area contributed by atoms with Crippen molar-refractivity contribution in [3.63, 3.8) is 0 Å². The van der Waals surface area contributed by atoms with E-state index in [2.05, 4.69) is 19.1 Å². The smallest absolute Gasteiger partial charge is 0.308 e. The Labute approximate surface area is 203 Å². The first-order chi connectivity index (χ1) is 15.6. The molecule has 6 heteroatoms. The number of carbonyl (C=O) groups is 2. The van der Waals surface area contributed by atoms with E-state index in [0.717, 1.165) is 25.7 Å². The fourth-order valence-electron chi connectivity index (χ4n) is 3.92. The minimum atomic E-state index is -1.24. The average Bonchev–Trinajstić information content (AvgIpc) is 2.68. The highest BCUT2D eigenvalue weighted by Crippen LogP contribution is 2.13. The molecule has 33 heavy (non-hydrogen) atoms. The molecule has 0 rings (SSSR count). The number of nitrogens with zero attached hydrogens (tertiary/aromatic N) is 1. The van der Waals surface area contributed by atoms with Gasteiger partial charge in [0.1, 0.15) is 6.54 Å². The minimum absolute atomic E-state index is 0.0932. The molecule has 0 amide bonds. The Bertz CT molecular complexity index is 527. The van der Waals surface area contributed by atoms with Gasteiger partial charge in [0.25, 0.3) is 0 Å². The van der Waals surface area contributed by atoms with Gasteiger partial charge in [-0.1, -0.05) is 76.9 Å². The van der Waals surface area contributed by atoms with Gasteiger partial charge in [0, 0.05) is 12.4 Å². The van der Waals surface area contributed by atoms with Crippen LogP contribution in [0.25, 0.3) is 0 Å². The first kappa shape index (κ1) is 31.6. The maximum absolute atomic E-state index is 12.1. The summed E-state index contributed by atoms with van der Waals surface area (Å²) in [6.45, 7) is 2.63. The third kappa shape index (κ3) is 23.6. The Balaban J connectivity index is 3.74. The topological polar surface area (TPSA) is 86.7 Å². The van der Waals surface area contributed by atoms with Crippen LogP contribution in [0, 0.1) is 0 Å². The van der Waals surface area contributed by atoms with Crippen LogP contribution in [0.1, 0.15) is 110 Å². The second kappa shape index (κ2) is 20.0.